The number of carbonyl (C=O) groups is 1. The summed E-state index contributed by atoms with van der Waals surface area (Å²) < 4.78 is 53.2. The van der Waals surface area contributed by atoms with Gasteiger partial charge in [0.25, 0.3) is 0 Å². The topological polar surface area (TPSA) is 72.8 Å². The zero-order valence-corrected chi connectivity index (χ0v) is 23.4. The third-order valence-corrected chi connectivity index (χ3v) is 9.17. The number of hydrogen-bond acceptors (Lipinski definition) is 6. The molecule has 1 aliphatic carbocycles. The minimum absolute atomic E-state index is 0.0440. The van der Waals surface area contributed by atoms with Crippen LogP contribution in [0.2, 0.25) is 0 Å². The Hall–Kier alpha value is -2.79. The number of halogens is 4. The van der Waals surface area contributed by atoms with E-state index in [4.69, 9.17) is 0 Å². The summed E-state index contributed by atoms with van der Waals surface area (Å²) in [6.07, 6.45) is 2.65. The van der Waals surface area contributed by atoms with Crippen LogP contribution in [0.3, 0.4) is 0 Å². The monoisotopic (exact) mass is 577 g/mol. The highest BCUT2D eigenvalue weighted by Crippen LogP contribution is 2.40. The molecule has 2 saturated heterocycles. The highest BCUT2D eigenvalue weighted by atomic mass is 19.4. The molecule has 3 heterocycles. The third kappa shape index (κ3) is 6.83. The smallest absolute Gasteiger partial charge is 0.419 e. The standard InChI is InChI=1S/C30H39F4N5O2/c1-2-11-39(29-35-15-23(16-36-29)30(32,33)34)25-9-12-37(13-10-25)17-22-18-38(27(28(40)41)20-5-3-6-20)19-26(22)21-7-4-8-24(31)14-21/h4,7-8,14-16,20,22,25-27H,2-3,5-6,9-13,17-19H2,1H3,(H,40,41)/t22-,26+,27+/m0/s1. The Balaban J connectivity index is 1.26. The van der Waals surface area contributed by atoms with Crippen LogP contribution >= 0.6 is 0 Å². The van der Waals surface area contributed by atoms with Gasteiger partial charge in [0.1, 0.15) is 11.9 Å². The van der Waals surface area contributed by atoms with Crippen LogP contribution in [0.15, 0.2) is 36.7 Å². The van der Waals surface area contributed by atoms with Crippen molar-refractivity contribution in [3.05, 3.63) is 53.6 Å². The molecule has 7 nitrogen and oxygen atoms in total. The molecule has 41 heavy (non-hydrogen) atoms. The summed E-state index contributed by atoms with van der Waals surface area (Å²) >= 11 is 0. The van der Waals surface area contributed by atoms with Gasteiger partial charge >= 0.3 is 12.1 Å². The van der Waals surface area contributed by atoms with E-state index in [0.717, 1.165) is 76.1 Å². The van der Waals surface area contributed by atoms with Crippen molar-refractivity contribution in [2.24, 2.45) is 11.8 Å². The average molecular weight is 578 g/mol. The summed E-state index contributed by atoms with van der Waals surface area (Å²) in [6, 6.07) is 6.31. The van der Waals surface area contributed by atoms with Gasteiger partial charge in [0.05, 0.1) is 5.56 Å². The fourth-order valence-electron chi connectivity index (χ4n) is 6.89. The van der Waals surface area contributed by atoms with Gasteiger partial charge in [-0.25, -0.2) is 14.4 Å². The van der Waals surface area contributed by atoms with Crippen LogP contribution in [0.1, 0.15) is 62.5 Å². The van der Waals surface area contributed by atoms with E-state index in [9.17, 15) is 27.5 Å². The molecule has 0 spiro atoms. The van der Waals surface area contributed by atoms with Crippen molar-refractivity contribution >= 4 is 11.9 Å². The maximum Gasteiger partial charge on any atom is 0.419 e. The van der Waals surface area contributed by atoms with Crippen molar-refractivity contribution < 1.29 is 27.5 Å². The second-order valence-corrected chi connectivity index (χ2v) is 11.8. The summed E-state index contributed by atoms with van der Waals surface area (Å²) in [6.45, 7) is 6.35. The van der Waals surface area contributed by atoms with E-state index in [-0.39, 0.29) is 29.6 Å². The molecule has 0 radical (unpaired) electrons. The molecule has 0 amide bonds. The second-order valence-electron chi connectivity index (χ2n) is 11.8. The average Bonchev–Trinajstić information content (AvgIpc) is 3.32. The number of benzene rings is 1. The highest BCUT2D eigenvalue weighted by molar-refractivity contribution is 5.74. The van der Waals surface area contributed by atoms with Crippen LogP contribution in [0.25, 0.3) is 0 Å². The number of rotatable bonds is 10. The first-order valence-corrected chi connectivity index (χ1v) is 14.7. The predicted octanol–water partition coefficient (Wildman–Crippen LogP) is 5.28. The number of carboxylic acid groups (broad SMARTS) is 1. The summed E-state index contributed by atoms with van der Waals surface area (Å²) in [4.78, 5) is 26.9. The van der Waals surface area contributed by atoms with E-state index in [1.54, 1.807) is 12.1 Å². The number of hydrogen-bond donors (Lipinski definition) is 1. The van der Waals surface area contributed by atoms with Gasteiger partial charge in [-0.1, -0.05) is 25.5 Å². The first-order chi connectivity index (χ1) is 19.6. The lowest BCUT2D eigenvalue weighted by atomic mass is 9.79. The fraction of sp³-hybridized carbons (Fsp3) is 0.633. The molecule has 2 aromatic rings. The molecular weight excluding hydrogens is 538 g/mol. The van der Waals surface area contributed by atoms with Crippen molar-refractivity contribution in [3.63, 3.8) is 0 Å². The number of alkyl halides is 3. The molecule has 5 rings (SSSR count). The van der Waals surface area contributed by atoms with Crippen LogP contribution in [-0.4, -0.2) is 82.2 Å². The van der Waals surface area contributed by atoms with Gasteiger partial charge in [0, 0.05) is 63.6 Å². The van der Waals surface area contributed by atoms with Crippen LogP contribution < -0.4 is 4.90 Å². The predicted molar refractivity (Wildman–Crippen MR) is 147 cm³/mol. The van der Waals surface area contributed by atoms with E-state index < -0.39 is 23.8 Å². The van der Waals surface area contributed by atoms with E-state index >= 15 is 0 Å². The largest absolute Gasteiger partial charge is 0.480 e. The molecule has 0 bridgehead atoms. The van der Waals surface area contributed by atoms with Crippen molar-refractivity contribution in [2.45, 2.75) is 69.6 Å². The molecule has 1 N–H and O–H groups in total. The first-order valence-electron chi connectivity index (χ1n) is 14.7. The summed E-state index contributed by atoms with van der Waals surface area (Å²) in [5.41, 5.74) is 0.0622. The Kier molecular flexibility index (Phi) is 9.13. The molecule has 11 heteroatoms. The van der Waals surface area contributed by atoms with E-state index in [1.807, 2.05) is 17.9 Å². The molecule has 224 valence electrons. The summed E-state index contributed by atoms with van der Waals surface area (Å²) in [5, 5.41) is 10.1. The van der Waals surface area contributed by atoms with Crippen LogP contribution in [0, 0.1) is 17.7 Å². The summed E-state index contributed by atoms with van der Waals surface area (Å²) in [7, 11) is 0. The number of aliphatic carboxylic acids is 1. The summed E-state index contributed by atoms with van der Waals surface area (Å²) in [5.74, 6) is -0.340. The van der Waals surface area contributed by atoms with Crippen LogP contribution in [-0.2, 0) is 11.0 Å². The minimum atomic E-state index is -4.47. The van der Waals surface area contributed by atoms with Crippen molar-refractivity contribution in [2.75, 3.05) is 44.2 Å². The lowest BCUT2D eigenvalue weighted by molar-refractivity contribution is -0.146. The molecule has 1 saturated carbocycles. The number of carboxylic acids is 1. The Labute approximate surface area is 238 Å². The second kappa shape index (κ2) is 12.6. The van der Waals surface area contributed by atoms with Crippen LogP contribution in [0.4, 0.5) is 23.5 Å². The molecule has 1 aromatic carbocycles. The maximum absolute atomic E-state index is 14.2. The molecule has 1 aromatic heterocycles. The SMILES string of the molecule is CCCN(c1ncc(C(F)(F)F)cn1)C1CCN(C[C@H]2CN([C@@H](C(=O)O)C3CCC3)C[C@@H]2c2cccc(F)c2)CC1. The molecule has 2 aliphatic heterocycles. The quantitative estimate of drug-likeness (QED) is 0.385. The Morgan fingerprint density at radius 3 is 2.39 bits per heavy atom. The molecular formula is C30H39F4N5O2. The molecule has 3 fully saturated rings. The lowest BCUT2D eigenvalue weighted by Crippen LogP contribution is -2.48. The van der Waals surface area contributed by atoms with E-state index in [2.05, 4.69) is 19.8 Å². The number of piperidine rings is 1. The van der Waals surface area contributed by atoms with Gasteiger partial charge < -0.3 is 14.9 Å². The lowest BCUT2D eigenvalue weighted by Gasteiger charge is -2.40. The highest BCUT2D eigenvalue weighted by Gasteiger charge is 2.44. The van der Waals surface area contributed by atoms with Crippen molar-refractivity contribution in [1.29, 1.82) is 0 Å². The van der Waals surface area contributed by atoms with Crippen molar-refractivity contribution in [3.8, 4) is 0 Å². The molecule has 0 unspecified atom stereocenters. The van der Waals surface area contributed by atoms with Gasteiger partial charge in [-0.05, 0) is 61.6 Å². The van der Waals surface area contributed by atoms with E-state index in [1.165, 1.54) is 6.07 Å². The number of likely N-dealkylation sites (tertiary alicyclic amines) is 2. The van der Waals surface area contributed by atoms with Crippen LogP contribution in [0.5, 0.6) is 0 Å². The zero-order valence-electron chi connectivity index (χ0n) is 23.4. The minimum Gasteiger partial charge on any atom is -0.480 e. The van der Waals surface area contributed by atoms with Crippen molar-refractivity contribution in [1.82, 2.24) is 19.8 Å². The maximum atomic E-state index is 14.2. The number of nitrogens with zero attached hydrogens (tertiary/aromatic N) is 5. The van der Waals surface area contributed by atoms with Gasteiger partial charge in [0.15, 0.2) is 0 Å². The third-order valence-electron chi connectivity index (χ3n) is 9.17. The van der Waals surface area contributed by atoms with Gasteiger partial charge in [0.2, 0.25) is 5.95 Å². The van der Waals surface area contributed by atoms with Gasteiger partial charge in [-0.15, -0.1) is 0 Å². The number of aromatic nitrogens is 2. The Morgan fingerprint density at radius 2 is 1.83 bits per heavy atom. The Morgan fingerprint density at radius 1 is 1.12 bits per heavy atom. The van der Waals surface area contributed by atoms with Gasteiger partial charge in [-0.2, -0.15) is 13.2 Å². The number of anilines is 1. The zero-order chi connectivity index (χ0) is 29.1. The fourth-order valence-corrected chi connectivity index (χ4v) is 6.89. The molecule has 3 atom stereocenters. The van der Waals surface area contributed by atoms with Gasteiger partial charge in [-0.3, -0.25) is 9.69 Å². The molecule has 3 aliphatic rings. The van der Waals surface area contributed by atoms with E-state index in [0.29, 0.717) is 25.6 Å². The first kappa shape index (κ1) is 29.7. The Bertz CT molecular complexity index is 1170. The normalized spacial score (nSPS) is 23.8.